The van der Waals surface area contributed by atoms with Gasteiger partial charge in [0.25, 0.3) is 0 Å². The Morgan fingerprint density at radius 3 is 2.68 bits per heavy atom. The molecule has 2 rings (SSSR count). The SMILES string of the molecule is OCc1ccc(OCc2nccs2)c(C(F)(F)F)c1. The molecule has 0 amide bonds. The second-order valence-electron chi connectivity index (χ2n) is 3.70. The third kappa shape index (κ3) is 3.45. The lowest BCUT2D eigenvalue weighted by Crippen LogP contribution is -2.09. The highest BCUT2D eigenvalue weighted by molar-refractivity contribution is 7.09. The molecule has 1 aromatic heterocycles. The van der Waals surface area contributed by atoms with Crippen molar-refractivity contribution in [3.05, 3.63) is 45.9 Å². The Kier molecular flexibility index (Phi) is 4.06. The number of halogens is 3. The molecule has 7 heteroatoms. The van der Waals surface area contributed by atoms with E-state index < -0.39 is 18.3 Å². The van der Waals surface area contributed by atoms with E-state index in [2.05, 4.69) is 4.98 Å². The fraction of sp³-hybridized carbons (Fsp3) is 0.250. The molecule has 2 aromatic rings. The molecule has 1 heterocycles. The van der Waals surface area contributed by atoms with E-state index in [0.29, 0.717) is 5.01 Å². The fourth-order valence-corrected chi connectivity index (χ4v) is 2.01. The summed E-state index contributed by atoms with van der Waals surface area (Å²) in [6.07, 6.45) is -2.97. The highest BCUT2D eigenvalue weighted by Gasteiger charge is 2.34. The normalized spacial score (nSPS) is 11.6. The van der Waals surface area contributed by atoms with E-state index >= 15 is 0 Å². The summed E-state index contributed by atoms with van der Waals surface area (Å²) in [6.45, 7) is -0.463. The molecule has 0 saturated heterocycles. The molecule has 0 fully saturated rings. The van der Waals surface area contributed by atoms with Gasteiger partial charge in [-0.2, -0.15) is 13.2 Å². The minimum Gasteiger partial charge on any atom is -0.486 e. The van der Waals surface area contributed by atoms with E-state index in [1.54, 1.807) is 11.6 Å². The molecule has 0 spiro atoms. The number of hydrogen-bond acceptors (Lipinski definition) is 4. The number of hydrogen-bond donors (Lipinski definition) is 1. The zero-order chi connectivity index (χ0) is 13.9. The minimum atomic E-state index is -4.52. The Hall–Kier alpha value is -1.60. The molecule has 0 aliphatic heterocycles. The number of nitrogens with zero attached hydrogens (tertiary/aromatic N) is 1. The molecule has 0 bridgehead atoms. The molecular weight excluding hydrogens is 279 g/mol. The van der Waals surface area contributed by atoms with Crippen LogP contribution in [0.2, 0.25) is 0 Å². The van der Waals surface area contributed by atoms with Gasteiger partial charge in [0, 0.05) is 11.6 Å². The van der Waals surface area contributed by atoms with Crippen LogP contribution >= 0.6 is 11.3 Å². The van der Waals surface area contributed by atoms with Gasteiger partial charge in [-0.15, -0.1) is 11.3 Å². The van der Waals surface area contributed by atoms with Gasteiger partial charge in [-0.05, 0) is 17.7 Å². The number of rotatable bonds is 4. The monoisotopic (exact) mass is 289 g/mol. The van der Waals surface area contributed by atoms with Crippen molar-refractivity contribution < 1.29 is 23.0 Å². The molecule has 102 valence electrons. The van der Waals surface area contributed by atoms with E-state index in [1.165, 1.54) is 23.5 Å². The van der Waals surface area contributed by atoms with E-state index in [0.717, 1.165) is 6.07 Å². The Labute approximate surface area is 111 Å². The molecule has 0 aliphatic rings. The summed E-state index contributed by atoms with van der Waals surface area (Å²) in [5.74, 6) is -0.264. The number of thiazole rings is 1. The van der Waals surface area contributed by atoms with Crippen LogP contribution in [0.25, 0.3) is 0 Å². The van der Waals surface area contributed by atoms with Crippen LogP contribution < -0.4 is 4.74 Å². The maximum absolute atomic E-state index is 12.9. The summed E-state index contributed by atoms with van der Waals surface area (Å²) in [4.78, 5) is 3.93. The predicted molar refractivity (Wildman–Crippen MR) is 63.8 cm³/mol. The van der Waals surface area contributed by atoms with Crippen molar-refractivity contribution in [3.63, 3.8) is 0 Å². The first-order valence-electron chi connectivity index (χ1n) is 5.33. The molecule has 1 aromatic carbocycles. The molecule has 3 nitrogen and oxygen atoms in total. The first-order chi connectivity index (χ1) is 9.00. The minimum absolute atomic E-state index is 0.0147. The molecule has 0 radical (unpaired) electrons. The molecule has 0 aliphatic carbocycles. The number of benzene rings is 1. The second-order valence-corrected chi connectivity index (χ2v) is 4.68. The smallest absolute Gasteiger partial charge is 0.419 e. The molecular formula is C12H10F3NO2S. The Morgan fingerprint density at radius 1 is 1.32 bits per heavy atom. The van der Waals surface area contributed by atoms with Crippen molar-refractivity contribution in [2.24, 2.45) is 0 Å². The van der Waals surface area contributed by atoms with Gasteiger partial charge in [0.15, 0.2) is 0 Å². The van der Waals surface area contributed by atoms with Gasteiger partial charge in [0.2, 0.25) is 0 Å². The molecule has 0 unspecified atom stereocenters. The van der Waals surface area contributed by atoms with Crippen molar-refractivity contribution in [1.29, 1.82) is 0 Å². The first kappa shape index (κ1) is 13.8. The standard InChI is InChI=1S/C12H10F3NO2S/c13-12(14,15)9-5-8(6-17)1-2-10(9)18-7-11-16-3-4-19-11/h1-5,17H,6-7H2. The molecule has 0 saturated carbocycles. The lowest BCUT2D eigenvalue weighted by atomic mass is 10.1. The Balaban J connectivity index is 2.23. The molecule has 1 N–H and O–H groups in total. The quantitative estimate of drug-likeness (QED) is 0.939. The van der Waals surface area contributed by atoms with Crippen LogP contribution in [0, 0.1) is 0 Å². The van der Waals surface area contributed by atoms with Crippen LogP contribution in [0.1, 0.15) is 16.1 Å². The van der Waals surface area contributed by atoms with E-state index in [4.69, 9.17) is 9.84 Å². The van der Waals surface area contributed by atoms with Gasteiger partial charge in [0.05, 0.1) is 12.2 Å². The fourth-order valence-electron chi connectivity index (χ4n) is 1.49. The van der Waals surface area contributed by atoms with Crippen LogP contribution in [0.3, 0.4) is 0 Å². The van der Waals surface area contributed by atoms with Gasteiger partial charge >= 0.3 is 6.18 Å². The van der Waals surface area contributed by atoms with Crippen LogP contribution in [0.5, 0.6) is 5.75 Å². The van der Waals surface area contributed by atoms with Crippen LogP contribution in [-0.4, -0.2) is 10.1 Å². The highest BCUT2D eigenvalue weighted by Crippen LogP contribution is 2.37. The van der Waals surface area contributed by atoms with Crippen molar-refractivity contribution >= 4 is 11.3 Å². The number of ether oxygens (including phenoxy) is 1. The Bertz CT molecular complexity index is 540. The molecule has 19 heavy (non-hydrogen) atoms. The van der Waals surface area contributed by atoms with Crippen molar-refractivity contribution in [2.45, 2.75) is 19.4 Å². The van der Waals surface area contributed by atoms with Gasteiger partial charge in [0.1, 0.15) is 17.4 Å². The average Bonchev–Trinajstić information content (AvgIpc) is 2.88. The zero-order valence-electron chi connectivity index (χ0n) is 9.65. The van der Waals surface area contributed by atoms with Crippen molar-refractivity contribution in [3.8, 4) is 5.75 Å². The number of aliphatic hydroxyl groups excluding tert-OH is 1. The lowest BCUT2D eigenvalue weighted by molar-refractivity contribution is -0.139. The maximum atomic E-state index is 12.9. The van der Waals surface area contributed by atoms with Gasteiger partial charge in [-0.3, -0.25) is 0 Å². The van der Waals surface area contributed by atoms with Crippen LogP contribution in [0.15, 0.2) is 29.8 Å². The van der Waals surface area contributed by atoms with Gasteiger partial charge in [-0.1, -0.05) is 6.07 Å². The second kappa shape index (κ2) is 5.58. The topological polar surface area (TPSA) is 42.4 Å². The van der Waals surface area contributed by atoms with Crippen molar-refractivity contribution in [1.82, 2.24) is 4.98 Å². The van der Waals surface area contributed by atoms with Gasteiger partial charge < -0.3 is 9.84 Å². The third-order valence-corrected chi connectivity index (χ3v) is 3.12. The third-order valence-electron chi connectivity index (χ3n) is 2.37. The first-order valence-corrected chi connectivity index (χ1v) is 6.21. The number of aromatic nitrogens is 1. The van der Waals surface area contributed by atoms with Crippen LogP contribution in [0.4, 0.5) is 13.2 Å². The largest absolute Gasteiger partial charge is 0.486 e. The highest BCUT2D eigenvalue weighted by atomic mass is 32.1. The number of aliphatic hydroxyl groups is 1. The molecule has 0 atom stereocenters. The lowest BCUT2D eigenvalue weighted by Gasteiger charge is -2.14. The van der Waals surface area contributed by atoms with E-state index in [-0.39, 0.29) is 17.9 Å². The van der Waals surface area contributed by atoms with Crippen molar-refractivity contribution in [2.75, 3.05) is 0 Å². The zero-order valence-corrected chi connectivity index (χ0v) is 10.5. The van der Waals surface area contributed by atoms with Crippen LogP contribution in [-0.2, 0) is 19.4 Å². The van der Waals surface area contributed by atoms with E-state index in [9.17, 15) is 13.2 Å². The average molecular weight is 289 g/mol. The predicted octanol–water partition coefficient (Wildman–Crippen LogP) is 3.23. The van der Waals surface area contributed by atoms with Gasteiger partial charge in [-0.25, -0.2) is 4.98 Å². The summed E-state index contributed by atoms with van der Waals surface area (Å²) in [5.41, 5.74) is -0.704. The summed E-state index contributed by atoms with van der Waals surface area (Å²) >= 11 is 1.31. The van der Waals surface area contributed by atoms with E-state index in [1.807, 2.05) is 0 Å². The summed E-state index contributed by atoms with van der Waals surface area (Å²) in [5, 5.41) is 11.2. The summed E-state index contributed by atoms with van der Waals surface area (Å²) < 4.78 is 43.7. The maximum Gasteiger partial charge on any atom is 0.419 e. The Morgan fingerprint density at radius 2 is 2.11 bits per heavy atom. The number of alkyl halides is 3. The summed E-state index contributed by atoms with van der Waals surface area (Å²) in [6, 6.07) is 3.49. The summed E-state index contributed by atoms with van der Waals surface area (Å²) in [7, 11) is 0.